The molecule has 0 saturated heterocycles. The molecule has 0 atom stereocenters. The summed E-state index contributed by atoms with van der Waals surface area (Å²) >= 11 is 0. The third-order valence-electron chi connectivity index (χ3n) is 3.83. The summed E-state index contributed by atoms with van der Waals surface area (Å²) in [5.41, 5.74) is 1.36. The number of carbonyl (C=O) groups is 1. The highest BCUT2D eigenvalue weighted by molar-refractivity contribution is 5.82. The van der Waals surface area contributed by atoms with E-state index in [4.69, 9.17) is 4.74 Å². The minimum atomic E-state index is -0.698. The molecule has 1 saturated carbocycles. The third-order valence-corrected chi connectivity index (χ3v) is 3.83. The number of hydrogen-bond acceptors (Lipinski definition) is 2. The van der Waals surface area contributed by atoms with Gasteiger partial charge in [0.05, 0.1) is 12.5 Å². The van der Waals surface area contributed by atoms with Gasteiger partial charge in [-0.2, -0.15) is 0 Å². The maximum absolute atomic E-state index is 11.4. The average Bonchev–Trinajstić information content (AvgIpc) is 2.26. The van der Waals surface area contributed by atoms with Crippen LogP contribution in [0.5, 0.6) is 5.75 Å². The van der Waals surface area contributed by atoms with Gasteiger partial charge in [-0.05, 0) is 36.5 Å². The minimum Gasteiger partial charge on any atom is -0.496 e. The first-order chi connectivity index (χ1) is 8.14. The van der Waals surface area contributed by atoms with E-state index in [1.807, 2.05) is 18.2 Å². The van der Waals surface area contributed by atoms with E-state index < -0.39 is 11.4 Å². The summed E-state index contributed by atoms with van der Waals surface area (Å²) in [6.07, 6.45) is 3.35. The molecule has 1 aromatic carbocycles. The van der Waals surface area contributed by atoms with Gasteiger partial charge in [0.2, 0.25) is 0 Å². The summed E-state index contributed by atoms with van der Waals surface area (Å²) in [6.45, 7) is 2.05. The lowest BCUT2D eigenvalue weighted by atomic mass is 9.64. The van der Waals surface area contributed by atoms with Crippen LogP contribution in [0.3, 0.4) is 0 Å². The molecule has 0 unspecified atom stereocenters. The Morgan fingerprint density at radius 1 is 1.47 bits per heavy atom. The van der Waals surface area contributed by atoms with E-state index in [0.29, 0.717) is 0 Å². The van der Waals surface area contributed by atoms with Crippen LogP contribution in [-0.4, -0.2) is 18.2 Å². The molecule has 0 amide bonds. The zero-order valence-corrected chi connectivity index (χ0v) is 10.3. The molecular formula is C14H18O3. The fourth-order valence-corrected chi connectivity index (χ4v) is 2.51. The van der Waals surface area contributed by atoms with Crippen LogP contribution in [-0.2, 0) is 16.6 Å². The van der Waals surface area contributed by atoms with Gasteiger partial charge in [-0.25, -0.2) is 0 Å². The first kappa shape index (κ1) is 12.0. The molecular weight excluding hydrogens is 216 g/mol. The predicted octanol–water partition coefficient (Wildman–Crippen LogP) is 2.76. The molecule has 0 radical (unpaired) electrons. The number of carboxylic acids is 1. The monoisotopic (exact) mass is 234 g/mol. The number of benzene rings is 1. The second kappa shape index (κ2) is 4.40. The molecule has 1 aliphatic rings. The Hall–Kier alpha value is -1.51. The number of aryl methyl sites for hydroxylation is 1. The Bertz CT molecular complexity index is 433. The Balaban J connectivity index is 2.42. The van der Waals surface area contributed by atoms with Gasteiger partial charge in [0.25, 0.3) is 0 Å². The number of ether oxygens (including phenoxy) is 1. The van der Waals surface area contributed by atoms with Crippen molar-refractivity contribution in [2.24, 2.45) is 0 Å². The zero-order chi connectivity index (χ0) is 12.5. The fraction of sp³-hybridized carbons (Fsp3) is 0.500. The Morgan fingerprint density at radius 2 is 2.18 bits per heavy atom. The van der Waals surface area contributed by atoms with Gasteiger partial charge in [0.1, 0.15) is 5.75 Å². The van der Waals surface area contributed by atoms with Gasteiger partial charge in [-0.15, -0.1) is 0 Å². The molecule has 17 heavy (non-hydrogen) atoms. The summed E-state index contributed by atoms with van der Waals surface area (Å²) in [7, 11) is 1.64. The second-order valence-corrected chi connectivity index (χ2v) is 4.62. The first-order valence-electron chi connectivity index (χ1n) is 6.05. The second-order valence-electron chi connectivity index (χ2n) is 4.62. The van der Waals surface area contributed by atoms with Crippen molar-refractivity contribution >= 4 is 5.97 Å². The van der Waals surface area contributed by atoms with Crippen LogP contribution in [0, 0.1) is 0 Å². The maximum atomic E-state index is 11.4. The Morgan fingerprint density at radius 3 is 2.59 bits per heavy atom. The highest BCUT2D eigenvalue weighted by Crippen LogP contribution is 2.44. The van der Waals surface area contributed by atoms with E-state index in [1.54, 1.807) is 7.11 Å². The van der Waals surface area contributed by atoms with Crippen LogP contribution in [0.2, 0.25) is 0 Å². The molecule has 2 rings (SSSR count). The summed E-state index contributed by atoms with van der Waals surface area (Å²) in [5.74, 6) is 0.145. The molecule has 92 valence electrons. The SMILES string of the molecule is CCc1cc(C2(C(=O)O)CCC2)ccc1OC. The molecule has 0 heterocycles. The summed E-state index contributed by atoms with van der Waals surface area (Å²) in [4.78, 5) is 11.4. The van der Waals surface area contributed by atoms with E-state index >= 15 is 0 Å². The van der Waals surface area contributed by atoms with Crippen molar-refractivity contribution in [1.29, 1.82) is 0 Å². The smallest absolute Gasteiger partial charge is 0.314 e. The molecule has 1 fully saturated rings. The van der Waals surface area contributed by atoms with Crippen molar-refractivity contribution in [3.63, 3.8) is 0 Å². The van der Waals surface area contributed by atoms with Crippen LogP contribution in [0.4, 0.5) is 0 Å². The van der Waals surface area contributed by atoms with E-state index in [1.165, 1.54) is 0 Å². The zero-order valence-electron chi connectivity index (χ0n) is 10.3. The highest BCUT2D eigenvalue weighted by atomic mass is 16.5. The van der Waals surface area contributed by atoms with Crippen LogP contribution >= 0.6 is 0 Å². The number of methoxy groups -OCH3 is 1. The molecule has 3 heteroatoms. The Labute approximate surface area is 101 Å². The number of aliphatic carboxylic acids is 1. The third kappa shape index (κ3) is 1.79. The fourth-order valence-electron chi connectivity index (χ4n) is 2.51. The maximum Gasteiger partial charge on any atom is 0.314 e. The van der Waals surface area contributed by atoms with Crippen molar-refractivity contribution in [2.45, 2.75) is 38.0 Å². The quantitative estimate of drug-likeness (QED) is 0.871. The van der Waals surface area contributed by atoms with Crippen LogP contribution in [0.1, 0.15) is 37.3 Å². The van der Waals surface area contributed by atoms with Crippen molar-refractivity contribution in [3.05, 3.63) is 29.3 Å². The summed E-state index contributed by atoms with van der Waals surface area (Å²) in [5, 5.41) is 9.40. The molecule has 1 aromatic rings. The average molecular weight is 234 g/mol. The van der Waals surface area contributed by atoms with Crippen LogP contribution < -0.4 is 4.74 Å². The Kier molecular flexibility index (Phi) is 3.09. The molecule has 1 N–H and O–H groups in total. The van der Waals surface area contributed by atoms with Gasteiger partial charge in [-0.1, -0.05) is 25.5 Å². The van der Waals surface area contributed by atoms with E-state index in [0.717, 1.165) is 42.6 Å². The topological polar surface area (TPSA) is 46.5 Å². The normalized spacial score (nSPS) is 17.3. The van der Waals surface area contributed by atoms with E-state index in [-0.39, 0.29) is 0 Å². The largest absolute Gasteiger partial charge is 0.496 e. The molecule has 0 aromatic heterocycles. The van der Waals surface area contributed by atoms with Gasteiger partial charge in [0.15, 0.2) is 0 Å². The van der Waals surface area contributed by atoms with Crippen molar-refractivity contribution in [1.82, 2.24) is 0 Å². The standard InChI is InChI=1S/C14H18O3/c1-3-10-9-11(5-6-12(10)17-2)14(13(15)16)7-4-8-14/h5-6,9H,3-4,7-8H2,1-2H3,(H,15,16). The lowest BCUT2D eigenvalue weighted by Gasteiger charge is -2.38. The molecule has 0 aliphatic heterocycles. The first-order valence-corrected chi connectivity index (χ1v) is 6.05. The number of carboxylic acid groups (broad SMARTS) is 1. The predicted molar refractivity (Wildman–Crippen MR) is 65.5 cm³/mol. The van der Waals surface area contributed by atoms with Crippen molar-refractivity contribution < 1.29 is 14.6 Å². The van der Waals surface area contributed by atoms with Gasteiger partial charge < -0.3 is 9.84 Å². The summed E-state index contributed by atoms with van der Waals surface area (Å²) < 4.78 is 5.27. The minimum absolute atomic E-state index is 0.643. The van der Waals surface area contributed by atoms with Crippen LogP contribution in [0.25, 0.3) is 0 Å². The lowest BCUT2D eigenvalue weighted by molar-refractivity contribution is -0.147. The van der Waals surface area contributed by atoms with Crippen molar-refractivity contribution in [3.8, 4) is 5.75 Å². The lowest BCUT2D eigenvalue weighted by Crippen LogP contribution is -2.42. The van der Waals surface area contributed by atoms with Crippen LogP contribution in [0.15, 0.2) is 18.2 Å². The van der Waals surface area contributed by atoms with Gasteiger partial charge in [0, 0.05) is 0 Å². The molecule has 1 aliphatic carbocycles. The molecule has 0 spiro atoms. The molecule has 3 nitrogen and oxygen atoms in total. The summed E-state index contributed by atoms with van der Waals surface area (Å²) in [6, 6.07) is 5.77. The van der Waals surface area contributed by atoms with Gasteiger partial charge in [-0.3, -0.25) is 4.79 Å². The van der Waals surface area contributed by atoms with Crippen molar-refractivity contribution in [2.75, 3.05) is 7.11 Å². The highest BCUT2D eigenvalue weighted by Gasteiger charge is 2.46. The number of rotatable bonds is 4. The van der Waals surface area contributed by atoms with E-state index in [2.05, 4.69) is 6.92 Å². The van der Waals surface area contributed by atoms with Gasteiger partial charge >= 0.3 is 5.97 Å². The van der Waals surface area contributed by atoms with E-state index in [9.17, 15) is 9.90 Å². The molecule has 0 bridgehead atoms. The number of hydrogen-bond donors (Lipinski definition) is 1.